The van der Waals surface area contributed by atoms with Crippen molar-refractivity contribution >= 4 is 17.5 Å². The maximum absolute atomic E-state index is 12.6. The predicted molar refractivity (Wildman–Crippen MR) is 122 cm³/mol. The van der Waals surface area contributed by atoms with Gasteiger partial charge in [0.25, 0.3) is 0 Å². The molecule has 1 atom stereocenters. The molecule has 2 aliphatic rings. The van der Waals surface area contributed by atoms with Crippen LogP contribution in [0, 0.1) is 13.8 Å². The molecule has 2 aromatic carbocycles. The number of hydrogen-bond donors (Lipinski definition) is 2. The van der Waals surface area contributed by atoms with Crippen molar-refractivity contribution in [3.63, 3.8) is 0 Å². The quantitative estimate of drug-likeness (QED) is 0.696. The lowest BCUT2D eigenvalue weighted by atomic mass is 10.0. The molecule has 0 aliphatic carbocycles. The van der Waals surface area contributed by atoms with E-state index in [9.17, 15) is 9.59 Å². The molecular formula is C24H30N4O4. The average molecular weight is 439 g/mol. The number of aryl methyl sites for hydroxylation is 2. The molecular weight excluding hydrogens is 408 g/mol. The molecule has 0 saturated carbocycles. The standard InChI is InChI=1S/C24H30N4O4/c1-16-4-5-17(2)19(12-16)26-24(30)23(29)25-14-20(28-10-8-27(3)9-11-28)18-6-7-21-22(13-18)32-15-31-21/h4-7,12-13,20H,8-11,14-15H2,1-3H3,(H,25,29)(H,26,30)/t20-/m1/s1. The van der Waals surface area contributed by atoms with E-state index in [2.05, 4.69) is 27.5 Å². The first-order valence-corrected chi connectivity index (χ1v) is 10.9. The third kappa shape index (κ3) is 5.03. The van der Waals surface area contributed by atoms with E-state index in [1.165, 1.54) is 0 Å². The molecule has 8 heteroatoms. The Balaban J connectivity index is 1.45. The van der Waals surface area contributed by atoms with Crippen LogP contribution in [-0.4, -0.2) is 68.2 Å². The molecule has 0 spiro atoms. The molecule has 2 aliphatic heterocycles. The lowest BCUT2D eigenvalue weighted by Gasteiger charge is -2.38. The summed E-state index contributed by atoms with van der Waals surface area (Å²) in [5.74, 6) is 0.121. The van der Waals surface area contributed by atoms with Crippen molar-refractivity contribution in [1.29, 1.82) is 0 Å². The number of hydrogen-bond acceptors (Lipinski definition) is 6. The molecule has 2 aromatic rings. The van der Waals surface area contributed by atoms with E-state index in [1.807, 2.05) is 50.2 Å². The van der Waals surface area contributed by atoms with Crippen LogP contribution in [0.5, 0.6) is 11.5 Å². The fraction of sp³-hybridized carbons (Fsp3) is 0.417. The number of ether oxygens (including phenoxy) is 2. The number of carbonyl (C=O) groups is 2. The van der Waals surface area contributed by atoms with Gasteiger partial charge in [-0.15, -0.1) is 0 Å². The van der Waals surface area contributed by atoms with Gasteiger partial charge in [0, 0.05) is 38.4 Å². The van der Waals surface area contributed by atoms with Crippen molar-refractivity contribution in [3.8, 4) is 11.5 Å². The zero-order valence-corrected chi connectivity index (χ0v) is 18.8. The zero-order valence-electron chi connectivity index (χ0n) is 18.8. The van der Waals surface area contributed by atoms with Crippen LogP contribution in [0.4, 0.5) is 5.69 Å². The predicted octanol–water partition coefficient (Wildman–Crippen LogP) is 2.08. The second-order valence-electron chi connectivity index (χ2n) is 8.45. The first-order valence-electron chi connectivity index (χ1n) is 10.9. The molecule has 0 aromatic heterocycles. The second-order valence-corrected chi connectivity index (χ2v) is 8.45. The van der Waals surface area contributed by atoms with Gasteiger partial charge >= 0.3 is 11.8 Å². The van der Waals surface area contributed by atoms with E-state index in [0.717, 1.165) is 48.6 Å². The third-order valence-electron chi connectivity index (χ3n) is 6.06. The Hall–Kier alpha value is -3.10. The third-order valence-corrected chi connectivity index (χ3v) is 6.06. The number of nitrogens with one attached hydrogen (secondary N) is 2. The molecule has 2 N–H and O–H groups in total. The van der Waals surface area contributed by atoms with Crippen molar-refractivity contribution in [3.05, 3.63) is 53.1 Å². The Morgan fingerprint density at radius 1 is 0.969 bits per heavy atom. The largest absolute Gasteiger partial charge is 0.454 e. The fourth-order valence-corrected chi connectivity index (χ4v) is 4.03. The molecule has 32 heavy (non-hydrogen) atoms. The summed E-state index contributed by atoms with van der Waals surface area (Å²) >= 11 is 0. The van der Waals surface area contributed by atoms with E-state index in [0.29, 0.717) is 18.0 Å². The summed E-state index contributed by atoms with van der Waals surface area (Å²) in [5.41, 5.74) is 3.60. The Labute approximate surface area is 188 Å². The number of fused-ring (bicyclic) bond motifs is 1. The number of anilines is 1. The van der Waals surface area contributed by atoms with Gasteiger partial charge in [-0.05, 0) is 55.8 Å². The van der Waals surface area contributed by atoms with Gasteiger partial charge in [0.15, 0.2) is 11.5 Å². The summed E-state index contributed by atoms with van der Waals surface area (Å²) in [6, 6.07) is 11.5. The molecule has 170 valence electrons. The minimum Gasteiger partial charge on any atom is -0.454 e. The summed E-state index contributed by atoms with van der Waals surface area (Å²) in [6.45, 7) is 8.03. The number of rotatable bonds is 5. The van der Waals surface area contributed by atoms with E-state index in [-0.39, 0.29) is 12.8 Å². The topological polar surface area (TPSA) is 83.1 Å². The molecule has 2 amide bonds. The smallest absolute Gasteiger partial charge is 0.313 e. The minimum atomic E-state index is -0.665. The van der Waals surface area contributed by atoms with Crippen LogP contribution in [0.1, 0.15) is 22.7 Å². The number of carbonyl (C=O) groups excluding carboxylic acids is 2. The van der Waals surface area contributed by atoms with Crippen molar-refractivity contribution in [2.75, 3.05) is 51.9 Å². The monoisotopic (exact) mass is 438 g/mol. The average Bonchev–Trinajstić information content (AvgIpc) is 3.25. The summed E-state index contributed by atoms with van der Waals surface area (Å²) in [7, 11) is 2.10. The number of amides is 2. The van der Waals surface area contributed by atoms with Gasteiger partial charge in [-0.2, -0.15) is 0 Å². The molecule has 1 fully saturated rings. The highest BCUT2D eigenvalue weighted by Gasteiger charge is 2.27. The summed E-state index contributed by atoms with van der Waals surface area (Å²) in [5, 5.41) is 5.56. The first kappa shape index (κ1) is 22.1. The van der Waals surface area contributed by atoms with Crippen LogP contribution in [0.25, 0.3) is 0 Å². The number of piperazine rings is 1. The molecule has 0 bridgehead atoms. The molecule has 0 radical (unpaired) electrons. The summed E-state index contributed by atoms with van der Waals surface area (Å²) in [4.78, 5) is 29.7. The van der Waals surface area contributed by atoms with Crippen LogP contribution >= 0.6 is 0 Å². The van der Waals surface area contributed by atoms with E-state index >= 15 is 0 Å². The Kier molecular flexibility index (Phi) is 6.62. The van der Waals surface area contributed by atoms with Crippen molar-refractivity contribution < 1.29 is 19.1 Å². The molecule has 8 nitrogen and oxygen atoms in total. The van der Waals surface area contributed by atoms with Crippen LogP contribution in [0.15, 0.2) is 36.4 Å². The maximum Gasteiger partial charge on any atom is 0.313 e. The Morgan fingerprint density at radius 3 is 2.50 bits per heavy atom. The van der Waals surface area contributed by atoms with E-state index < -0.39 is 11.8 Å². The van der Waals surface area contributed by atoms with Crippen molar-refractivity contribution in [2.24, 2.45) is 0 Å². The minimum absolute atomic E-state index is 0.0735. The highest BCUT2D eigenvalue weighted by Crippen LogP contribution is 2.35. The zero-order chi connectivity index (χ0) is 22.7. The van der Waals surface area contributed by atoms with Gasteiger partial charge in [0.05, 0.1) is 6.04 Å². The first-order chi connectivity index (χ1) is 15.4. The van der Waals surface area contributed by atoms with Gasteiger partial charge in [-0.1, -0.05) is 18.2 Å². The molecule has 2 heterocycles. The van der Waals surface area contributed by atoms with Gasteiger partial charge in [-0.25, -0.2) is 0 Å². The van der Waals surface area contributed by atoms with Gasteiger partial charge in [-0.3, -0.25) is 14.5 Å². The Morgan fingerprint density at radius 2 is 1.72 bits per heavy atom. The lowest BCUT2D eigenvalue weighted by molar-refractivity contribution is -0.136. The molecule has 1 saturated heterocycles. The van der Waals surface area contributed by atoms with E-state index in [1.54, 1.807) is 0 Å². The fourth-order valence-electron chi connectivity index (χ4n) is 4.03. The van der Waals surface area contributed by atoms with Crippen LogP contribution in [0.3, 0.4) is 0 Å². The number of benzene rings is 2. The molecule has 0 unspecified atom stereocenters. The van der Waals surface area contributed by atoms with Crippen LogP contribution in [-0.2, 0) is 9.59 Å². The normalized spacial score (nSPS) is 17.1. The molecule has 4 rings (SSSR count). The lowest BCUT2D eigenvalue weighted by Crippen LogP contribution is -2.49. The van der Waals surface area contributed by atoms with Gasteiger partial charge in [0.2, 0.25) is 6.79 Å². The number of likely N-dealkylation sites (N-methyl/N-ethyl adjacent to an activating group) is 1. The Bertz CT molecular complexity index is 1000. The van der Waals surface area contributed by atoms with Gasteiger partial charge in [0.1, 0.15) is 0 Å². The summed E-state index contributed by atoms with van der Waals surface area (Å²) < 4.78 is 11.0. The van der Waals surface area contributed by atoms with Crippen molar-refractivity contribution in [1.82, 2.24) is 15.1 Å². The summed E-state index contributed by atoms with van der Waals surface area (Å²) in [6.07, 6.45) is 0. The highest BCUT2D eigenvalue weighted by atomic mass is 16.7. The highest BCUT2D eigenvalue weighted by molar-refractivity contribution is 6.39. The van der Waals surface area contributed by atoms with Crippen LogP contribution < -0.4 is 20.1 Å². The second kappa shape index (κ2) is 9.58. The van der Waals surface area contributed by atoms with Crippen molar-refractivity contribution in [2.45, 2.75) is 19.9 Å². The van der Waals surface area contributed by atoms with E-state index in [4.69, 9.17) is 9.47 Å². The van der Waals surface area contributed by atoms with Crippen LogP contribution in [0.2, 0.25) is 0 Å². The SMILES string of the molecule is Cc1ccc(C)c(NC(=O)C(=O)NC[C@H](c2ccc3c(c2)OCO3)N2CCN(C)CC2)c1. The maximum atomic E-state index is 12.6. The van der Waals surface area contributed by atoms with Gasteiger partial charge < -0.3 is 25.0 Å². The number of nitrogens with zero attached hydrogens (tertiary/aromatic N) is 2.